The fourth-order valence-electron chi connectivity index (χ4n) is 0.850. The van der Waals surface area contributed by atoms with Crippen LogP contribution in [-0.2, 0) is 9.59 Å². The first kappa shape index (κ1) is 9.88. The van der Waals surface area contributed by atoms with Gasteiger partial charge in [-0.2, -0.15) is 0 Å². The van der Waals surface area contributed by atoms with E-state index in [1.807, 2.05) is 6.92 Å². The number of allylic oxidation sites excluding steroid dienone is 1. The number of amides is 1. The van der Waals surface area contributed by atoms with Crippen LogP contribution >= 0.6 is 0 Å². The molecule has 0 aliphatic rings. The predicted molar refractivity (Wildman–Crippen MR) is 42.8 cm³/mol. The second-order valence-corrected chi connectivity index (χ2v) is 2.36. The van der Waals surface area contributed by atoms with Gasteiger partial charge < -0.3 is 5.73 Å². The van der Waals surface area contributed by atoms with Gasteiger partial charge in [-0.25, -0.2) is 0 Å². The van der Waals surface area contributed by atoms with E-state index in [0.29, 0.717) is 6.42 Å². The highest BCUT2D eigenvalue weighted by Crippen LogP contribution is 2.07. The minimum atomic E-state index is -0.872. The van der Waals surface area contributed by atoms with Crippen molar-refractivity contribution in [1.29, 1.82) is 0 Å². The van der Waals surface area contributed by atoms with Crippen molar-refractivity contribution in [3.05, 3.63) is 12.7 Å². The lowest BCUT2D eigenvalue weighted by Gasteiger charge is -2.05. The van der Waals surface area contributed by atoms with Crippen molar-refractivity contribution in [2.75, 3.05) is 0 Å². The summed E-state index contributed by atoms with van der Waals surface area (Å²) in [6, 6.07) is 0. The monoisotopic (exact) mass is 155 g/mol. The molecular weight excluding hydrogens is 142 g/mol. The van der Waals surface area contributed by atoms with Gasteiger partial charge in [0, 0.05) is 5.92 Å². The number of hydrogen-bond donors (Lipinski definition) is 1. The van der Waals surface area contributed by atoms with Crippen LogP contribution in [0.15, 0.2) is 12.7 Å². The highest BCUT2D eigenvalue weighted by molar-refractivity contribution is 6.36. The third-order valence-electron chi connectivity index (χ3n) is 1.46. The molecule has 0 aromatic heterocycles. The van der Waals surface area contributed by atoms with E-state index in [4.69, 9.17) is 5.73 Å². The van der Waals surface area contributed by atoms with Crippen molar-refractivity contribution in [3.63, 3.8) is 0 Å². The molecule has 1 amide bonds. The third-order valence-corrected chi connectivity index (χ3v) is 1.46. The molecule has 0 bridgehead atoms. The molecule has 0 aromatic rings. The van der Waals surface area contributed by atoms with Crippen LogP contribution in [-0.4, -0.2) is 11.7 Å². The largest absolute Gasteiger partial charge is 0.363 e. The number of rotatable bonds is 5. The Balaban J connectivity index is 4.13. The molecule has 0 radical (unpaired) electrons. The van der Waals surface area contributed by atoms with Gasteiger partial charge in [0.25, 0.3) is 5.91 Å². The van der Waals surface area contributed by atoms with Crippen LogP contribution in [0.1, 0.15) is 19.8 Å². The Morgan fingerprint density at radius 2 is 2.18 bits per heavy atom. The molecule has 11 heavy (non-hydrogen) atoms. The quantitative estimate of drug-likeness (QED) is 0.468. The van der Waals surface area contributed by atoms with Gasteiger partial charge in [-0.15, -0.1) is 6.58 Å². The van der Waals surface area contributed by atoms with Gasteiger partial charge in [0.2, 0.25) is 5.78 Å². The fraction of sp³-hybridized carbons (Fsp3) is 0.500. The van der Waals surface area contributed by atoms with Crippen molar-refractivity contribution >= 4 is 11.7 Å². The number of carbonyl (C=O) groups excluding carboxylic acids is 2. The van der Waals surface area contributed by atoms with Gasteiger partial charge in [0.15, 0.2) is 0 Å². The maximum Gasteiger partial charge on any atom is 0.285 e. The van der Waals surface area contributed by atoms with Crippen molar-refractivity contribution < 1.29 is 9.59 Å². The van der Waals surface area contributed by atoms with E-state index >= 15 is 0 Å². The smallest absolute Gasteiger partial charge is 0.285 e. The summed E-state index contributed by atoms with van der Waals surface area (Å²) in [5.74, 6) is -1.80. The standard InChI is InChI=1S/C8H13NO2/c1-3-5-6(4-2)7(10)8(9)11/h4,6H,2-3,5H2,1H3,(H2,9,11). The van der Waals surface area contributed by atoms with Crippen molar-refractivity contribution in [2.24, 2.45) is 11.7 Å². The molecule has 0 rings (SSSR count). The average Bonchev–Trinajstić information content (AvgIpc) is 1.98. The van der Waals surface area contributed by atoms with E-state index in [9.17, 15) is 9.59 Å². The summed E-state index contributed by atoms with van der Waals surface area (Å²) < 4.78 is 0. The number of carbonyl (C=O) groups is 2. The zero-order valence-electron chi connectivity index (χ0n) is 6.67. The van der Waals surface area contributed by atoms with Crippen molar-refractivity contribution in [3.8, 4) is 0 Å². The SMILES string of the molecule is C=CC(CCC)C(=O)C(N)=O. The van der Waals surface area contributed by atoms with E-state index in [0.717, 1.165) is 6.42 Å². The predicted octanol–water partition coefficient (Wildman–Crippen LogP) is 0.643. The highest BCUT2D eigenvalue weighted by atomic mass is 16.2. The number of primary amides is 1. The first-order chi connectivity index (χ1) is 5.13. The lowest BCUT2D eigenvalue weighted by molar-refractivity contribution is -0.137. The molecule has 0 aliphatic carbocycles. The van der Waals surface area contributed by atoms with Gasteiger partial charge in [-0.3, -0.25) is 9.59 Å². The summed E-state index contributed by atoms with van der Waals surface area (Å²) >= 11 is 0. The van der Waals surface area contributed by atoms with Gasteiger partial charge in [0.05, 0.1) is 0 Å². The van der Waals surface area contributed by atoms with Crippen molar-refractivity contribution in [1.82, 2.24) is 0 Å². The minimum Gasteiger partial charge on any atom is -0.363 e. The maximum atomic E-state index is 10.9. The first-order valence-corrected chi connectivity index (χ1v) is 3.59. The van der Waals surface area contributed by atoms with E-state index in [1.54, 1.807) is 0 Å². The molecule has 1 unspecified atom stereocenters. The zero-order chi connectivity index (χ0) is 8.85. The molecule has 2 N–H and O–H groups in total. The Morgan fingerprint density at radius 1 is 1.64 bits per heavy atom. The summed E-state index contributed by atoms with van der Waals surface area (Å²) in [7, 11) is 0. The molecule has 0 saturated carbocycles. The summed E-state index contributed by atoms with van der Waals surface area (Å²) in [5.41, 5.74) is 4.81. The van der Waals surface area contributed by atoms with E-state index in [1.165, 1.54) is 6.08 Å². The molecule has 0 aromatic carbocycles. The number of Topliss-reactive ketones (excluding diaryl/α,β-unsaturated/α-hetero) is 1. The molecule has 0 saturated heterocycles. The summed E-state index contributed by atoms with van der Waals surface area (Å²) in [4.78, 5) is 21.3. The maximum absolute atomic E-state index is 10.9. The van der Waals surface area contributed by atoms with E-state index in [-0.39, 0.29) is 0 Å². The Morgan fingerprint density at radius 3 is 2.45 bits per heavy atom. The van der Waals surface area contributed by atoms with Crippen LogP contribution < -0.4 is 5.73 Å². The highest BCUT2D eigenvalue weighted by Gasteiger charge is 2.18. The van der Waals surface area contributed by atoms with Crippen LogP contribution in [0.2, 0.25) is 0 Å². The van der Waals surface area contributed by atoms with Crippen molar-refractivity contribution in [2.45, 2.75) is 19.8 Å². The first-order valence-electron chi connectivity index (χ1n) is 3.59. The topological polar surface area (TPSA) is 60.2 Å². The Kier molecular flexibility index (Phi) is 4.18. The second-order valence-electron chi connectivity index (χ2n) is 2.36. The van der Waals surface area contributed by atoms with Crippen LogP contribution in [0.25, 0.3) is 0 Å². The van der Waals surface area contributed by atoms with Gasteiger partial charge in [0.1, 0.15) is 0 Å². The lowest BCUT2D eigenvalue weighted by atomic mass is 9.98. The van der Waals surface area contributed by atoms with Crippen LogP contribution in [0.5, 0.6) is 0 Å². The van der Waals surface area contributed by atoms with Gasteiger partial charge >= 0.3 is 0 Å². The Hall–Kier alpha value is -1.12. The van der Waals surface area contributed by atoms with Gasteiger partial charge in [-0.05, 0) is 6.42 Å². The molecule has 1 atom stereocenters. The Bertz CT molecular complexity index is 175. The lowest BCUT2D eigenvalue weighted by Crippen LogP contribution is -2.28. The molecule has 0 aliphatic heterocycles. The Labute approximate surface area is 66.3 Å². The zero-order valence-corrected chi connectivity index (χ0v) is 6.67. The molecule has 3 heteroatoms. The number of ketones is 1. The van der Waals surface area contributed by atoms with E-state index in [2.05, 4.69) is 6.58 Å². The summed E-state index contributed by atoms with van der Waals surface area (Å²) in [6.45, 7) is 5.39. The summed E-state index contributed by atoms with van der Waals surface area (Å²) in [5, 5.41) is 0. The molecule has 0 spiro atoms. The normalized spacial score (nSPS) is 12.1. The molecule has 62 valence electrons. The molecule has 3 nitrogen and oxygen atoms in total. The molecule has 0 heterocycles. The average molecular weight is 155 g/mol. The third kappa shape index (κ3) is 2.98. The fourth-order valence-corrected chi connectivity index (χ4v) is 0.850. The number of hydrogen-bond acceptors (Lipinski definition) is 2. The van der Waals surface area contributed by atoms with Crippen LogP contribution in [0.3, 0.4) is 0 Å². The van der Waals surface area contributed by atoms with E-state index < -0.39 is 17.6 Å². The molecule has 0 fully saturated rings. The van der Waals surface area contributed by atoms with Crippen LogP contribution in [0, 0.1) is 5.92 Å². The number of nitrogens with two attached hydrogens (primary N) is 1. The second kappa shape index (κ2) is 4.66. The van der Waals surface area contributed by atoms with Gasteiger partial charge in [-0.1, -0.05) is 19.4 Å². The minimum absolute atomic E-state index is 0.391. The van der Waals surface area contributed by atoms with Crippen LogP contribution in [0.4, 0.5) is 0 Å². The molecular formula is C8H13NO2. The summed E-state index contributed by atoms with van der Waals surface area (Å²) in [6.07, 6.45) is 2.96.